The molecule has 0 aliphatic heterocycles. The molecule has 0 aromatic heterocycles. The number of nitrogens with zero attached hydrogens (tertiary/aromatic N) is 1. The molecule has 16 heavy (non-hydrogen) atoms. The number of nitriles is 1. The van der Waals surface area contributed by atoms with Crippen LogP contribution in [0.4, 0.5) is 0 Å². The molecule has 1 rings (SSSR count). The van der Waals surface area contributed by atoms with Crippen molar-refractivity contribution in [1.82, 2.24) is 0 Å². The lowest BCUT2D eigenvalue weighted by Crippen LogP contribution is -2.54. The minimum atomic E-state index is -1.60. The van der Waals surface area contributed by atoms with Gasteiger partial charge in [0.2, 0.25) is 0 Å². The molecule has 4 nitrogen and oxygen atoms in total. The van der Waals surface area contributed by atoms with Crippen molar-refractivity contribution in [2.24, 2.45) is 11.3 Å². The van der Waals surface area contributed by atoms with Gasteiger partial charge in [0.15, 0.2) is 0 Å². The van der Waals surface area contributed by atoms with E-state index in [0.29, 0.717) is 12.8 Å². The molecule has 0 bridgehead atoms. The molecule has 0 radical (unpaired) electrons. The van der Waals surface area contributed by atoms with E-state index in [2.05, 4.69) is 6.07 Å². The summed E-state index contributed by atoms with van der Waals surface area (Å²) in [7, 11) is -1.60. The maximum Gasteiger partial charge on any atom is 0.480 e. The van der Waals surface area contributed by atoms with Gasteiger partial charge in [0.05, 0.1) is 11.5 Å². The maximum atomic E-state index is 10.6. The van der Waals surface area contributed by atoms with E-state index in [1.807, 2.05) is 13.8 Å². The monoisotopic (exact) mass is 223 g/mol. The van der Waals surface area contributed by atoms with Crippen molar-refractivity contribution >= 4 is 7.12 Å². The zero-order valence-corrected chi connectivity index (χ0v) is 9.72. The van der Waals surface area contributed by atoms with Crippen LogP contribution in [-0.4, -0.2) is 27.9 Å². The van der Waals surface area contributed by atoms with E-state index < -0.39 is 18.1 Å². The number of aliphatic hydroxyl groups is 1. The summed E-state index contributed by atoms with van der Waals surface area (Å²) in [6, 6.07) is 2.20. The highest BCUT2D eigenvalue weighted by Crippen LogP contribution is 2.52. The lowest BCUT2D eigenvalue weighted by atomic mass is 9.56. The van der Waals surface area contributed by atoms with Gasteiger partial charge in [0, 0.05) is 0 Å². The molecule has 0 unspecified atom stereocenters. The molecule has 1 saturated carbocycles. The third kappa shape index (κ3) is 2.01. The Morgan fingerprint density at radius 2 is 2.00 bits per heavy atom. The third-order valence-electron chi connectivity index (χ3n) is 3.59. The van der Waals surface area contributed by atoms with Gasteiger partial charge in [-0.15, -0.1) is 0 Å². The van der Waals surface area contributed by atoms with Gasteiger partial charge in [-0.05, 0) is 18.8 Å². The molecule has 88 valence electrons. The van der Waals surface area contributed by atoms with E-state index >= 15 is 0 Å². The normalized spacial score (nSPS) is 22.6. The first-order valence-electron chi connectivity index (χ1n) is 5.57. The zero-order chi connectivity index (χ0) is 12.4. The minimum Gasteiger partial charge on any atom is -0.424 e. The van der Waals surface area contributed by atoms with Crippen molar-refractivity contribution in [3.63, 3.8) is 0 Å². The Balaban J connectivity index is 3.02. The van der Waals surface area contributed by atoms with E-state index in [4.69, 9.17) is 10.0 Å². The van der Waals surface area contributed by atoms with E-state index in [1.54, 1.807) is 0 Å². The molecule has 1 aliphatic carbocycles. The van der Waals surface area contributed by atoms with Crippen LogP contribution in [0.5, 0.6) is 0 Å². The fraction of sp³-hybridized carbons (Fsp3) is 0.727. The van der Waals surface area contributed by atoms with Crippen molar-refractivity contribution in [2.75, 3.05) is 0 Å². The summed E-state index contributed by atoms with van der Waals surface area (Å²) >= 11 is 0. The standard InChI is InChI=1S/C11H18BNO3/c1-9(2)11(14,6-7-12(15)16)10(8-13)4-3-5-10/h6-7,9,14-16H,3-5H2,1-2H3/b7-6+/t11-/m1/s1. The van der Waals surface area contributed by atoms with Crippen LogP contribution in [0.1, 0.15) is 33.1 Å². The first-order valence-corrected chi connectivity index (χ1v) is 5.57. The van der Waals surface area contributed by atoms with Crippen molar-refractivity contribution in [1.29, 1.82) is 5.26 Å². The summed E-state index contributed by atoms with van der Waals surface area (Å²) in [6.45, 7) is 3.65. The topological polar surface area (TPSA) is 84.5 Å². The van der Waals surface area contributed by atoms with Crippen molar-refractivity contribution < 1.29 is 15.2 Å². The van der Waals surface area contributed by atoms with Crippen LogP contribution in [0, 0.1) is 22.7 Å². The summed E-state index contributed by atoms with van der Waals surface area (Å²) in [5, 5.41) is 37.4. The third-order valence-corrected chi connectivity index (χ3v) is 3.59. The van der Waals surface area contributed by atoms with Gasteiger partial charge in [-0.2, -0.15) is 5.26 Å². The Morgan fingerprint density at radius 3 is 2.25 bits per heavy atom. The second-order valence-corrected chi connectivity index (χ2v) is 4.80. The van der Waals surface area contributed by atoms with Gasteiger partial charge < -0.3 is 15.2 Å². The highest BCUT2D eigenvalue weighted by molar-refractivity contribution is 6.47. The first-order chi connectivity index (χ1) is 7.38. The molecule has 1 fully saturated rings. The van der Waals surface area contributed by atoms with Crippen molar-refractivity contribution in [2.45, 2.75) is 38.7 Å². The molecule has 0 heterocycles. The molecule has 1 atom stereocenters. The van der Waals surface area contributed by atoms with Crippen LogP contribution >= 0.6 is 0 Å². The lowest BCUT2D eigenvalue weighted by molar-refractivity contribution is -0.0875. The summed E-state index contributed by atoms with van der Waals surface area (Å²) in [5.74, 6) is 0.972. The zero-order valence-electron chi connectivity index (χ0n) is 9.72. The quantitative estimate of drug-likeness (QED) is 0.610. The van der Waals surface area contributed by atoms with Gasteiger partial charge in [0.1, 0.15) is 5.60 Å². The second kappa shape index (κ2) is 4.58. The molecule has 1 aliphatic rings. The summed E-state index contributed by atoms with van der Waals surface area (Å²) in [6.07, 6.45) is 3.61. The smallest absolute Gasteiger partial charge is 0.424 e. The van der Waals surface area contributed by atoms with Gasteiger partial charge in [-0.25, -0.2) is 0 Å². The minimum absolute atomic E-state index is 0.151. The molecule has 0 aromatic rings. The first kappa shape index (κ1) is 13.2. The molecule has 0 spiro atoms. The Hall–Kier alpha value is -0.825. The number of hydrogen-bond acceptors (Lipinski definition) is 4. The lowest BCUT2D eigenvalue weighted by Gasteiger charge is -2.49. The predicted molar refractivity (Wildman–Crippen MR) is 61.0 cm³/mol. The van der Waals surface area contributed by atoms with Gasteiger partial charge in [-0.1, -0.05) is 32.3 Å². The predicted octanol–water partition coefficient (Wildman–Crippen LogP) is 0.636. The Kier molecular flexibility index (Phi) is 3.79. The summed E-state index contributed by atoms with van der Waals surface area (Å²) < 4.78 is 0. The van der Waals surface area contributed by atoms with E-state index in [1.165, 1.54) is 6.08 Å². The second-order valence-electron chi connectivity index (χ2n) is 4.80. The average Bonchev–Trinajstić information content (AvgIpc) is 2.13. The molecule has 0 saturated heterocycles. The Labute approximate surface area is 96.4 Å². The van der Waals surface area contributed by atoms with Crippen LogP contribution in [-0.2, 0) is 0 Å². The number of rotatable bonds is 4. The SMILES string of the molecule is CC(C)[C@](O)(/C=C/B(O)O)C1(C#N)CCC1. The van der Waals surface area contributed by atoms with Crippen LogP contribution in [0.15, 0.2) is 12.1 Å². The van der Waals surface area contributed by atoms with E-state index in [-0.39, 0.29) is 5.92 Å². The maximum absolute atomic E-state index is 10.6. The molecular formula is C11H18BNO3. The van der Waals surface area contributed by atoms with E-state index in [0.717, 1.165) is 12.4 Å². The molecule has 0 amide bonds. The van der Waals surface area contributed by atoms with Crippen molar-refractivity contribution in [3.05, 3.63) is 12.1 Å². The van der Waals surface area contributed by atoms with Crippen LogP contribution in [0.3, 0.4) is 0 Å². The highest BCUT2D eigenvalue weighted by atomic mass is 16.4. The molecular weight excluding hydrogens is 205 g/mol. The van der Waals surface area contributed by atoms with Crippen molar-refractivity contribution in [3.8, 4) is 6.07 Å². The molecule has 5 heteroatoms. The summed E-state index contributed by atoms with van der Waals surface area (Å²) in [4.78, 5) is 0. The van der Waals surface area contributed by atoms with Crippen LogP contribution < -0.4 is 0 Å². The Bertz CT molecular complexity index is 318. The van der Waals surface area contributed by atoms with Crippen LogP contribution in [0.2, 0.25) is 0 Å². The van der Waals surface area contributed by atoms with Gasteiger partial charge in [0.25, 0.3) is 0 Å². The Morgan fingerprint density at radius 1 is 1.44 bits per heavy atom. The molecule has 3 N–H and O–H groups in total. The fourth-order valence-electron chi connectivity index (χ4n) is 2.27. The van der Waals surface area contributed by atoms with E-state index in [9.17, 15) is 10.4 Å². The number of hydrogen-bond donors (Lipinski definition) is 3. The molecule has 0 aromatic carbocycles. The van der Waals surface area contributed by atoms with Gasteiger partial charge >= 0.3 is 7.12 Å². The van der Waals surface area contributed by atoms with Gasteiger partial charge in [-0.3, -0.25) is 0 Å². The van der Waals surface area contributed by atoms with Crippen LogP contribution in [0.25, 0.3) is 0 Å². The highest BCUT2D eigenvalue weighted by Gasteiger charge is 2.54. The summed E-state index contributed by atoms with van der Waals surface area (Å²) in [5.41, 5.74) is -2.06. The largest absolute Gasteiger partial charge is 0.480 e. The fourth-order valence-corrected chi connectivity index (χ4v) is 2.27. The average molecular weight is 223 g/mol.